The van der Waals surface area contributed by atoms with Crippen molar-refractivity contribution in [2.45, 2.75) is 6.61 Å². The Hall–Kier alpha value is -3.53. The molecule has 0 unspecified atom stereocenters. The quantitative estimate of drug-likeness (QED) is 0.546. The van der Waals surface area contributed by atoms with Crippen molar-refractivity contribution in [2.75, 3.05) is 5.32 Å². The molecule has 0 aliphatic carbocycles. The predicted octanol–water partition coefficient (Wildman–Crippen LogP) is 5.01. The van der Waals surface area contributed by atoms with E-state index in [-0.39, 0.29) is 5.91 Å². The zero-order chi connectivity index (χ0) is 18.6. The summed E-state index contributed by atoms with van der Waals surface area (Å²) in [6.07, 6.45) is 1.99. The van der Waals surface area contributed by atoms with E-state index in [1.54, 1.807) is 0 Å². The molecule has 0 saturated carbocycles. The molecule has 0 radical (unpaired) electrons. The van der Waals surface area contributed by atoms with Gasteiger partial charge in [-0.3, -0.25) is 4.79 Å². The number of benzene rings is 3. The third-order valence-corrected chi connectivity index (χ3v) is 4.54. The monoisotopic (exact) mass is 356 g/mol. The fraction of sp³-hybridized carbons (Fsp3) is 0.0870. The molecule has 0 aliphatic rings. The van der Waals surface area contributed by atoms with Crippen molar-refractivity contribution < 1.29 is 9.53 Å². The molecule has 0 bridgehead atoms. The zero-order valence-corrected chi connectivity index (χ0v) is 15.1. The first-order chi connectivity index (χ1) is 13.2. The Morgan fingerprint density at radius 3 is 2.48 bits per heavy atom. The summed E-state index contributed by atoms with van der Waals surface area (Å²) in [5, 5.41) is 4.04. The molecule has 4 heteroatoms. The number of carbonyl (C=O) groups excluding carboxylic acids is 1. The van der Waals surface area contributed by atoms with Crippen LogP contribution in [0.1, 0.15) is 15.9 Å². The van der Waals surface area contributed by atoms with E-state index in [2.05, 4.69) is 5.32 Å². The van der Waals surface area contributed by atoms with Gasteiger partial charge in [0.25, 0.3) is 5.91 Å². The van der Waals surface area contributed by atoms with E-state index >= 15 is 0 Å². The van der Waals surface area contributed by atoms with Gasteiger partial charge in [-0.05, 0) is 48.0 Å². The van der Waals surface area contributed by atoms with Gasteiger partial charge >= 0.3 is 0 Å². The van der Waals surface area contributed by atoms with Crippen LogP contribution in [0.4, 0.5) is 5.69 Å². The Labute approximate surface area is 158 Å². The highest BCUT2D eigenvalue weighted by molar-refractivity contribution is 6.08. The van der Waals surface area contributed by atoms with Gasteiger partial charge < -0.3 is 14.6 Å². The predicted molar refractivity (Wildman–Crippen MR) is 108 cm³/mol. The second-order valence-electron chi connectivity index (χ2n) is 6.42. The number of aromatic nitrogens is 1. The third kappa shape index (κ3) is 3.70. The molecule has 0 saturated heterocycles. The Morgan fingerprint density at radius 1 is 0.926 bits per heavy atom. The van der Waals surface area contributed by atoms with Gasteiger partial charge in [0.05, 0.1) is 5.69 Å². The smallest absolute Gasteiger partial charge is 0.255 e. The topological polar surface area (TPSA) is 43.3 Å². The molecule has 0 fully saturated rings. The molecule has 134 valence electrons. The normalized spacial score (nSPS) is 10.7. The summed E-state index contributed by atoms with van der Waals surface area (Å²) in [6.45, 7) is 0.467. The van der Waals surface area contributed by atoms with Gasteiger partial charge in [0, 0.05) is 29.7 Å². The van der Waals surface area contributed by atoms with Crippen molar-refractivity contribution >= 4 is 22.5 Å². The first-order valence-electron chi connectivity index (χ1n) is 8.83. The van der Waals surface area contributed by atoms with Crippen LogP contribution in [0.2, 0.25) is 0 Å². The maximum absolute atomic E-state index is 12.6. The van der Waals surface area contributed by atoms with E-state index in [9.17, 15) is 4.79 Å². The summed E-state index contributed by atoms with van der Waals surface area (Å²) in [4.78, 5) is 12.6. The number of para-hydroxylation sites is 1. The third-order valence-electron chi connectivity index (χ3n) is 4.54. The molecule has 0 aliphatic heterocycles. The van der Waals surface area contributed by atoms with E-state index in [0.717, 1.165) is 27.9 Å². The van der Waals surface area contributed by atoms with Crippen molar-refractivity contribution in [1.29, 1.82) is 0 Å². The molecule has 4 nitrogen and oxygen atoms in total. The summed E-state index contributed by atoms with van der Waals surface area (Å²) < 4.78 is 7.77. The molecule has 4 aromatic rings. The van der Waals surface area contributed by atoms with Crippen LogP contribution in [-0.4, -0.2) is 10.5 Å². The Balaban J connectivity index is 1.44. The summed E-state index contributed by atoms with van der Waals surface area (Å²) >= 11 is 0. The Morgan fingerprint density at radius 2 is 1.70 bits per heavy atom. The van der Waals surface area contributed by atoms with Crippen molar-refractivity contribution in [3.63, 3.8) is 0 Å². The average Bonchev–Trinajstić information content (AvgIpc) is 3.10. The number of nitrogens with zero attached hydrogens (tertiary/aromatic N) is 1. The van der Waals surface area contributed by atoms with Crippen LogP contribution < -0.4 is 10.1 Å². The van der Waals surface area contributed by atoms with Gasteiger partial charge in [-0.1, -0.05) is 36.4 Å². The van der Waals surface area contributed by atoms with Crippen molar-refractivity contribution in [3.8, 4) is 5.75 Å². The Bertz CT molecular complexity index is 1070. The molecular weight excluding hydrogens is 336 g/mol. The number of amides is 1. The number of hydrogen-bond acceptors (Lipinski definition) is 2. The minimum Gasteiger partial charge on any atom is -0.489 e. The molecule has 27 heavy (non-hydrogen) atoms. The van der Waals surface area contributed by atoms with E-state index < -0.39 is 0 Å². The second kappa shape index (κ2) is 7.38. The molecule has 0 spiro atoms. The molecule has 4 rings (SSSR count). The number of nitrogens with one attached hydrogen (secondary N) is 1. The van der Waals surface area contributed by atoms with Crippen molar-refractivity contribution in [3.05, 3.63) is 96.2 Å². The summed E-state index contributed by atoms with van der Waals surface area (Å²) in [5.74, 6) is 0.706. The highest BCUT2D eigenvalue weighted by Crippen LogP contribution is 2.24. The number of rotatable bonds is 5. The highest BCUT2D eigenvalue weighted by Gasteiger charge is 2.09. The highest BCUT2D eigenvalue weighted by atomic mass is 16.5. The second-order valence-corrected chi connectivity index (χ2v) is 6.42. The van der Waals surface area contributed by atoms with Gasteiger partial charge in [-0.2, -0.15) is 0 Å². The number of carbonyl (C=O) groups is 1. The maximum Gasteiger partial charge on any atom is 0.255 e. The fourth-order valence-corrected chi connectivity index (χ4v) is 3.04. The number of ether oxygens (including phenoxy) is 1. The molecule has 1 heterocycles. The standard InChI is InChI=1S/C23H20N2O2/c1-25-15-14-20-21(8-5-9-22(20)25)24-23(26)18-12-10-17(11-13-18)16-27-19-6-3-2-4-7-19/h2-15H,16H2,1H3,(H,24,26). The lowest BCUT2D eigenvalue weighted by Crippen LogP contribution is -2.12. The minimum absolute atomic E-state index is 0.123. The van der Waals surface area contributed by atoms with E-state index in [4.69, 9.17) is 4.74 Å². The van der Waals surface area contributed by atoms with Crippen LogP contribution in [0.3, 0.4) is 0 Å². The van der Waals surface area contributed by atoms with E-state index in [0.29, 0.717) is 12.2 Å². The average molecular weight is 356 g/mol. The van der Waals surface area contributed by atoms with E-state index in [1.807, 2.05) is 96.7 Å². The van der Waals surface area contributed by atoms with E-state index in [1.165, 1.54) is 0 Å². The largest absolute Gasteiger partial charge is 0.489 e. The summed E-state index contributed by atoms with van der Waals surface area (Å²) in [5.41, 5.74) is 3.53. The lowest BCUT2D eigenvalue weighted by Gasteiger charge is -2.09. The molecule has 1 N–H and O–H groups in total. The van der Waals surface area contributed by atoms with Crippen LogP contribution >= 0.6 is 0 Å². The first kappa shape index (κ1) is 16.9. The van der Waals surface area contributed by atoms with Gasteiger partial charge in [0.2, 0.25) is 0 Å². The van der Waals surface area contributed by atoms with Gasteiger partial charge in [-0.15, -0.1) is 0 Å². The fourth-order valence-electron chi connectivity index (χ4n) is 3.04. The van der Waals surface area contributed by atoms with Gasteiger partial charge in [0.1, 0.15) is 12.4 Å². The van der Waals surface area contributed by atoms with Gasteiger partial charge in [0.15, 0.2) is 0 Å². The minimum atomic E-state index is -0.123. The van der Waals surface area contributed by atoms with Crippen LogP contribution in [0.5, 0.6) is 5.75 Å². The number of fused-ring (bicyclic) bond motifs is 1. The summed E-state index contributed by atoms with van der Waals surface area (Å²) in [7, 11) is 1.99. The van der Waals surface area contributed by atoms with Gasteiger partial charge in [-0.25, -0.2) is 0 Å². The zero-order valence-electron chi connectivity index (χ0n) is 15.1. The summed E-state index contributed by atoms with van der Waals surface area (Å²) in [6, 6.07) is 25.1. The lowest BCUT2D eigenvalue weighted by atomic mass is 10.1. The number of aryl methyl sites for hydroxylation is 1. The SMILES string of the molecule is Cn1ccc2c(NC(=O)c3ccc(COc4ccccc4)cc3)cccc21. The van der Waals surface area contributed by atoms with Crippen LogP contribution in [-0.2, 0) is 13.7 Å². The Kier molecular flexibility index (Phi) is 4.62. The van der Waals surface area contributed by atoms with Crippen LogP contribution in [0.15, 0.2) is 85.1 Å². The first-order valence-corrected chi connectivity index (χ1v) is 8.83. The molecule has 1 aromatic heterocycles. The maximum atomic E-state index is 12.6. The van der Waals surface area contributed by atoms with Crippen LogP contribution in [0, 0.1) is 0 Å². The van der Waals surface area contributed by atoms with Crippen LogP contribution in [0.25, 0.3) is 10.9 Å². The molecule has 0 atom stereocenters. The molecular formula is C23H20N2O2. The molecule has 3 aromatic carbocycles. The lowest BCUT2D eigenvalue weighted by molar-refractivity contribution is 0.102. The van der Waals surface area contributed by atoms with Crippen molar-refractivity contribution in [2.24, 2.45) is 7.05 Å². The number of hydrogen-bond donors (Lipinski definition) is 1. The molecule has 1 amide bonds. The number of anilines is 1. The van der Waals surface area contributed by atoms with Crippen molar-refractivity contribution in [1.82, 2.24) is 4.57 Å².